The normalized spacial score (nSPS) is 11.4. The van der Waals surface area contributed by atoms with Gasteiger partial charge in [0.2, 0.25) is 5.91 Å². The molecular formula is C21H23N3O3S. The molecule has 1 aromatic carbocycles. The predicted octanol–water partition coefficient (Wildman–Crippen LogP) is 3.58. The number of ether oxygens (including phenoxy) is 1. The number of amides is 1. The summed E-state index contributed by atoms with van der Waals surface area (Å²) >= 11 is 1.21. The number of aryl methyl sites for hydroxylation is 1. The van der Waals surface area contributed by atoms with Crippen molar-refractivity contribution in [3.05, 3.63) is 58.8 Å². The molecule has 146 valence electrons. The van der Waals surface area contributed by atoms with Gasteiger partial charge in [-0.2, -0.15) is 5.26 Å². The molecule has 28 heavy (non-hydrogen) atoms. The lowest BCUT2D eigenvalue weighted by Gasteiger charge is -2.21. The Hall–Kier alpha value is -2.85. The summed E-state index contributed by atoms with van der Waals surface area (Å²) < 4.78 is 5.00. The molecule has 0 fully saturated rings. The van der Waals surface area contributed by atoms with Crippen molar-refractivity contribution in [2.45, 2.75) is 37.6 Å². The Morgan fingerprint density at radius 2 is 2.00 bits per heavy atom. The van der Waals surface area contributed by atoms with Gasteiger partial charge in [-0.3, -0.25) is 4.79 Å². The number of carbonyl (C=O) groups excluding carboxylic acids is 2. The number of carbonyl (C=O) groups is 2. The molecular weight excluding hydrogens is 374 g/mol. The van der Waals surface area contributed by atoms with Crippen LogP contribution >= 0.6 is 11.8 Å². The van der Waals surface area contributed by atoms with Crippen LogP contribution in [0.25, 0.3) is 0 Å². The van der Waals surface area contributed by atoms with Crippen LogP contribution in [0.5, 0.6) is 0 Å². The molecule has 0 aliphatic heterocycles. The summed E-state index contributed by atoms with van der Waals surface area (Å²) in [4.78, 5) is 30.7. The van der Waals surface area contributed by atoms with Crippen molar-refractivity contribution < 1.29 is 14.3 Å². The van der Waals surface area contributed by atoms with Crippen LogP contribution in [0.1, 0.15) is 41.0 Å². The number of nitriles is 1. The third-order valence-electron chi connectivity index (χ3n) is 4.07. The van der Waals surface area contributed by atoms with E-state index in [0.29, 0.717) is 17.3 Å². The van der Waals surface area contributed by atoms with Crippen molar-refractivity contribution in [3.8, 4) is 6.07 Å². The van der Waals surface area contributed by atoms with E-state index in [1.807, 2.05) is 30.3 Å². The van der Waals surface area contributed by atoms with Gasteiger partial charge in [-0.15, -0.1) is 0 Å². The van der Waals surface area contributed by atoms with Crippen LogP contribution in [0.15, 0.2) is 41.4 Å². The Morgan fingerprint density at radius 1 is 1.32 bits per heavy atom. The molecule has 0 saturated carbocycles. The van der Waals surface area contributed by atoms with E-state index in [9.17, 15) is 14.9 Å². The fourth-order valence-electron chi connectivity index (χ4n) is 2.63. The highest BCUT2D eigenvalue weighted by Crippen LogP contribution is 2.28. The molecule has 2 rings (SSSR count). The van der Waals surface area contributed by atoms with Crippen LogP contribution in [-0.2, 0) is 16.1 Å². The number of thioether (sulfide) groups is 1. The lowest BCUT2D eigenvalue weighted by atomic mass is 10.1. The Kier molecular flexibility index (Phi) is 7.59. The zero-order valence-electron chi connectivity index (χ0n) is 16.4. The Morgan fingerprint density at radius 3 is 2.61 bits per heavy atom. The fraction of sp³-hybridized carbons (Fsp3) is 0.333. The van der Waals surface area contributed by atoms with E-state index < -0.39 is 11.2 Å². The van der Waals surface area contributed by atoms with E-state index in [-0.39, 0.29) is 23.6 Å². The Balaban J connectivity index is 2.15. The molecule has 1 amide bonds. The van der Waals surface area contributed by atoms with E-state index in [1.165, 1.54) is 17.8 Å². The molecule has 0 spiro atoms. The largest absolute Gasteiger partial charge is 0.462 e. The first kappa shape index (κ1) is 21.5. The second-order valence-corrected chi connectivity index (χ2v) is 7.58. The van der Waals surface area contributed by atoms with Gasteiger partial charge < -0.3 is 9.64 Å². The summed E-state index contributed by atoms with van der Waals surface area (Å²) in [5.74, 6) is -0.570. The molecule has 1 heterocycles. The maximum absolute atomic E-state index is 12.7. The topological polar surface area (TPSA) is 83.3 Å². The lowest BCUT2D eigenvalue weighted by Crippen LogP contribution is -2.32. The number of hydrogen-bond acceptors (Lipinski definition) is 6. The summed E-state index contributed by atoms with van der Waals surface area (Å²) in [6.45, 7) is 5.94. The van der Waals surface area contributed by atoms with E-state index in [2.05, 4.69) is 11.1 Å². The number of benzene rings is 1. The van der Waals surface area contributed by atoms with Crippen molar-refractivity contribution in [2.75, 3.05) is 13.7 Å². The van der Waals surface area contributed by atoms with Gasteiger partial charge in [0.15, 0.2) is 0 Å². The number of pyridine rings is 1. The van der Waals surface area contributed by atoms with Crippen LogP contribution in [0, 0.1) is 18.3 Å². The summed E-state index contributed by atoms with van der Waals surface area (Å²) in [6, 6.07) is 13.3. The Bertz CT molecular complexity index is 894. The molecule has 0 saturated heterocycles. The first-order valence-corrected chi connectivity index (χ1v) is 9.79. The third kappa shape index (κ3) is 5.33. The van der Waals surface area contributed by atoms with Crippen LogP contribution < -0.4 is 0 Å². The van der Waals surface area contributed by atoms with Crippen molar-refractivity contribution in [1.29, 1.82) is 5.26 Å². The fourth-order valence-corrected chi connectivity index (χ4v) is 3.67. The van der Waals surface area contributed by atoms with E-state index in [0.717, 1.165) is 5.56 Å². The first-order valence-electron chi connectivity index (χ1n) is 8.91. The molecule has 0 aliphatic rings. The molecule has 7 heteroatoms. The second kappa shape index (κ2) is 9.90. The molecule has 2 aromatic rings. The van der Waals surface area contributed by atoms with Gasteiger partial charge in [0.1, 0.15) is 11.1 Å². The van der Waals surface area contributed by atoms with Crippen molar-refractivity contribution in [2.24, 2.45) is 0 Å². The van der Waals surface area contributed by atoms with Gasteiger partial charge in [0.25, 0.3) is 0 Å². The van der Waals surface area contributed by atoms with Gasteiger partial charge in [-0.1, -0.05) is 42.1 Å². The van der Waals surface area contributed by atoms with Crippen LogP contribution in [0.4, 0.5) is 0 Å². The first-order chi connectivity index (χ1) is 13.4. The highest BCUT2D eigenvalue weighted by molar-refractivity contribution is 8.00. The minimum absolute atomic E-state index is 0.0633. The molecule has 1 aromatic heterocycles. The summed E-state index contributed by atoms with van der Waals surface area (Å²) in [5, 5.41) is 9.45. The molecule has 0 bridgehead atoms. The van der Waals surface area contributed by atoms with Crippen LogP contribution in [0.2, 0.25) is 0 Å². The maximum Gasteiger partial charge on any atom is 0.340 e. The zero-order chi connectivity index (χ0) is 20.7. The summed E-state index contributed by atoms with van der Waals surface area (Å²) in [5.41, 5.74) is 2.03. The van der Waals surface area contributed by atoms with Gasteiger partial charge in [0, 0.05) is 13.6 Å². The predicted molar refractivity (Wildman–Crippen MR) is 108 cm³/mol. The minimum atomic E-state index is -0.507. The van der Waals surface area contributed by atoms with Gasteiger partial charge in [-0.05, 0) is 32.4 Å². The van der Waals surface area contributed by atoms with E-state index in [1.54, 1.807) is 32.7 Å². The number of nitrogens with zero attached hydrogens (tertiary/aromatic N) is 3. The molecule has 0 radical (unpaired) electrons. The number of rotatable bonds is 7. The van der Waals surface area contributed by atoms with Crippen LogP contribution in [-0.4, -0.2) is 40.7 Å². The van der Waals surface area contributed by atoms with Gasteiger partial charge in [0.05, 0.1) is 28.7 Å². The molecule has 0 N–H and O–H groups in total. The smallest absolute Gasteiger partial charge is 0.340 e. The summed E-state index contributed by atoms with van der Waals surface area (Å²) in [6.07, 6.45) is 0. The van der Waals surface area contributed by atoms with Gasteiger partial charge in [-0.25, -0.2) is 9.78 Å². The monoisotopic (exact) mass is 397 g/mol. The average molecular weight is 398 g/mol. The summed E-state index contributed by atoms with van der Waals surface area (Å²) in [7, 11) is 1.75. The quantitative estimate of drug-likeness (QED) is 0.525. The maximum atomic E-state index is 12.7. The molecule has 0 aliphatic carbocycles. The highest BCUT2D eigenvalue weighted by Gasteiger charge is 2.23. The molecule has 0 unspecified atom stereocenters. The lowest BCUT2D eigenvalue weighted by molar-refractivity contribution is -0.129. The van der Waals surface area contributed by atoms with Crippen molar-refractivity contribution in [3.63, 3.8) is 0 Å². The van der Waals surface area contributed by atoms with Crippen molar-refractivity contribution in [1.82, 2.24) is 9.88 Å². The highest BCUT2D eigenvalue weighted by atomic mass is 32.2. The number of esters is 1. The SMILES string of the molecule is CCOC(=O)c1cc(C#N)c(S[C@H](C)C(=O)N(C)Cc2ccccc2)nc1C. The van der Waals surface area contributed by atoms with Crippen LogP contribution in [0.3, 0.4) is 0 Å². The number of hydrogen-bond donors (Lipinski definition) is 0. The molecule has 6 nitrogen and oxygen atoms in total. The average Bonchev–Trinajstić information content (AvgIpc) is 2.68. The van der Waals surface area contributed by atoms with E-state index >= 15 is 0 Å². The standard InChI is InChI=1S/C21H23N3O3S/c1-5-27-21(26)18-11-17(12-22)19(23-14(18)2)28-15(3)20(25)24(4)13-16-9-7-6-8-10-16/h6-11,15H,5,13H2,1-4H3/t15-/m1/s1. The second-order valence-electron chi connectivity index (χ2n) is 6.25. The molecule has 1 atom stereocenters. The third-order valence-corrected chi connectivity index (χ3v) is 5.16. The Labute approximate surface area is 169 Å². The minimum Gasteiger partial charge on any atom is -0.462 e. The van der Waals surface area contributed by atoms with Gasteiger partial charge >= 0.3 is 5.97 Å². The van der Waals surface area contributed by atoms with E-state index in [4.69, 9.17) is 4.74 Å². The number of aromatic nitrogens is 1. The van der Waals surface area contributed by atoms with Crippen molar-refractivity contribution >= 4 is 23.6 Å². The zero-order valence-corrected chi connectivity index (χ0v) is 17.2.